The highest BCUT2D eigenvalue weighted by atomic mass is 32.3. The number of halogens is 1. The Hall–Kier alpha value is -3.47. The van der Waals surface area contributed by atoms with Gasteiger partial charge in [-0.2, -0.15) is 13.1 Å². The Balaban J connectivity index is 1.75. The monoisotopic (exact) mass is 393 g/mol. The van der Waals surface area contributed by atoms with Crippen LogP contribution in [0.5, 0.6) is 6.08 Å². The highest BCUT2D eigenvalue weighted by molar-refractivity contribution is 7.86. The zero-order valence-corrected chi connectivity index (χ0v) is 14.6. The molecule has 3 aromatic rings. The van der Waals surface area contributed by atoms with E-state index in [0.29, 0.717) is 11.4 Å². The zero-order chi connectivity index (χ0) is 19.6. The normalized spacial score (nSPS) is 11.2. The molecule has 0 aliphatic carbocycles. The predicted octanol–water partition coefficient (Wildman–Crippen LogP) is 1.74. The van der Waals surface area contributed by atoms with Crippen molar-refractivity contribution in [2.45, 2.75) is 4.90 Å². The van der Waals surface area contributed by atoms with E-state index < -0.39 is 26.8 Å². The summed E-state index contributed by atoms with van der Waals surface area (Å²) >= 11 is 0. The summed E-state index contributed by atoms with van der Waals surface area (Å²) in [5, 5.41) is 6.40. The number of rotatable bonds is 5. The molecule has 11 heteroatoms. The molecule has 9 nitrogen and oxygen atoms in total. The van der Waals surface area contributed by atoms with Crippen molar-refractivity contribution in [1.82, 2.24) is 9.78 Å². The van der Waals surface area contributed by atoms with Crippen LogP contribution in [0.3, 0.4) is 0 Å². The van der Waals surface area contributed by atoms with E-state index >= 15 is 0 Å². The molecule has 0 radical (unpaired) electrons. The van der Waals surface area contributed by atoms with Crippen LogP contribution in [0.4, 0.5) is 9.57 Å². The van der Waals surface area contributed by atoms with Gasteiger partial charge >= 0.3 is 22.1 Å². The number of nitrogens with one attached hydrogen (secondary N) is 1. The number of benzene rings is 2. The molecule has 0 fully saturated rings. The molecule has 1 aromatic heterocycles. The molecule has 0 unspecified atom stereocenters. The SMILES string of the molecule is COc1nn(-c2ccc(NC(=O)c3ccc(S(=O)(=O)F)cc3)cc2)c(=O)o1. The van der Waals surface area contributed by atoms with Gasteiger partial charge in [0.2, 0.25) is 0 Å². The number of amides is 1. The maximum atomic E-state index is 12.9. The topological polar surface area (TPSA) is 120 Å². The quantitative estimate of drug-likeness (QED) is 0.656. The molecule has 0 saturated heterocycles. The van der Waals surface area contributed by atoms with E-state index in [1.165, 1.54) is 43.5 Å². The highest BCUT2D eigenvalue weighted by Gasteiger charge is 2.14. The van der Waals surface area contributed by atoms with Gasteiger partial charge in [-0.05, 0) is 48.5 Å². The van der Waals surface area contributed by atoms with Gasteiger partial charge in [-0.3, -0.25) is 4.79 Å². The minimum atomic E-state index is -4.82. The van der Waals surface area contributed by atoms with Crippen LogP contribution in [0.2, 0.25) is 0 Å². The van der Waals surface area contributed by atoms with E-state index in [4.69, 9.17) is 9.15 Å². The number of aromatic nitrogens is 2. The Bertz CT molecular complexity index is 1130. The van der Waals surface area contributed by atoms with E-state index in [9.17, 15) is 21.9 Å². The zero-order valence-electron chi connectivity index (χ0n) is 13.7. The number of hydrogen-bond acceptors (Lipinski definition) is 7. The summed E-state index contributed by atoms with van der Waals surface area (Å²) in [6, 6.07) is 10.5. The molecule has 140 valence electrons. The number of carbonyl (C=O) groups is 1. The fourth-order valence-corrected chi connectivity index (χ4v) is 2.63. The third-order valence-electron chi connectivity index (χ3n) is 3.47. The molecule has 1 amide bonds. The van der Waals surface area contributed by atoms with E-state index in [-0.39, 0.29) is 11.6 Å². The molecule has 3 rings (SSSR count). The fraction of sp³-hybridized carbons (Fsp3) is 0.0625. The van der Waals surface area contributed by atoms with Gasteiger partial charge in [0, 0.05) is 11.3 Å². The number of nitrogens with zero attached hydrogens (tertiary/aromatic N) is 2. The van der Waals surface area contributed by atoms with Crippen molar-refractivity contribution in [3.8, 4) is 11.8 Å². The number of anilines is 1. The molecule has 0 atom stereocenters. The van der Waals surface area contributed by atoms with Crippen molar-refractivity contribution in [3.05, 3.63) is 64.6 Å². The molecule has 0 saturated carbocycles. The van der Waals surface area contributed by atoms with Gasteiger partial charge in [0.25, 0.3) is 5.91 Å². The predicted molar refractivity (Wildman–Crippen MR) is 91.3 cm³/mol. The first-order chi connectivity index (χ1) is 12.8. The lowest BCUT2D eigenvalue weighted by atomic mass is 10.2. The smallest absolute Gasteiger partial charge is 0.444 e. The Morgan fingerprint density at radius 1 is 1.15 bits per heavy atom. The van der Waals surface area contributed by atoms with Crippen LogP contribution in [0.15, 0.2) is 62.6 Å². The van der Waals surface area contributed by atoms with E-state index in [1.54, 1.807) is 0 Å². The second-order valence-electron chi connectivity index (χ2n) is 5.21. The molecule has 2 aromatic carbocycles. The standard InChI is InChI=1S/C16H12FN3O6S/c1-25-15-19-20(16(22)26-15)12-6-4-11(5-7-12)18-14(21)10-2-8-13(9-3-10)27(17,23)24/h2-9H,1H3,(H,18,21). The van der Waals surface area contributed by atoms with Crippen LogP contribution in [0.1, 0.15) is 10.4 Å². The molecule has 0 spiro atoms. The largest absolute Gasteiger partial charge is 0.452 e. The maximum Gasteiger partial charge on any atom is 0.444 e. The van der Waals surface area contributed by atoms with Crippen LogP contribution in [0, 0.1) is 0 Å². The summed E-state index contributed by atoms with van der Waals surface area (Å²) < 4.78 is 44.9. The van der Waals surface area contributed by atoms with Crippen molar-refractivity contribution in [3.63, 3.8) is 0 Å². The van der Waals surface area contributed by atoms with E-state index in [1.807, 2.05) is 0 Å². The first-order valence-electron chi connectivity index (χ1n) is 7.38. The second kappa shape index (κ2) is 7.03. The van der Waals surface area contributed by atoms with Gasteiger partial charge in [0.05, 0.1) is 17.7 Å². The van der Waals surface area contributed by atoms with Gasteiger partial charge in [-0.15, -0.1) is 3.89 Å². The van der Waals surface area contributed by atoms with Crippen LogP contribution in [0.25, 0.3) is 5.69 Å². The van der Waals surface area contributed by atoms with Crippen molar-refractivity contribution in [2.24, 2.45) is 0 Å². The molecule has 0 aliphatic rings. The van der Waals surface area contributed by atoms with Crippen LogP contribution < -0.4 is 15.8 Å². The molecule has 27 heavy (non-hydrogen) atoms. The molecular formula is C16H12FN3O6S. The average molecular weight is 393 g/mol. The molecular weight excluding hydrogens is 381 g/mol. The highest BCUT2D eigenvalue weighted by Crippen LogP contribution is 2.16. The average Bonchev–Trinajstić information content (AvgIpc) is 3.02. The number of methoxy groups -OCH3 is 1. The molecule has 0 bridgehead atoms. The number of hydrogen-bond donors (Lipinski definition) is 1. The summed E-state index contributed by atoms with van der Waals surface area (Å²) in [5.41, 5.74) is 0.945. The van der Waals surface area contributed by atoms with Crippen LogP contribution in [-0.4, -0.2) is 31.2 Å². The minimum Gasteiger partial charge on any atom is -0.452 e. The van der Waals surface area contributed by atoms with Gasteiger partial charge in [-0.25, -0.2) is 4.79 Å². The van der Waals surface area contributed by atoms with Gasteiger partial charge < -0.3 is 14.5 Å². The summed E-state index contributed by atoms with van der Waals surface area (Å²) in [7, 11) is -3.51. The lowest BCUT2D eigenvalue weighted by Gasteiger charge is -2.06. The van der Waals surface area contributed by atoms with Crippen molar-refractivity contribution in [2.75, 3.05) is 12.4 Å². The maximum absolute atomic E-state index is 12.9. The Labute approximate surface area is 152 Å². The van der Waals surface area contributed by atoms with Crippen LogP contribution in [-0.2, 0) is 10.2 Å². The first kappa shape index (κ1) is 18.3. The van der Waals surface area contributed by atoms with Crippen LogP contribution >= 0.6 is 0 Å². The van der Waals surface area contributed by atoms with E-state index in [0.717, 1.165) is 16.8 Å². The van der Waals surface area contributed by atoms with Gasteiger partial charge in [0.15, 0.2) is 0 Å². The van der Waals surface area contributed by atoms with Gasteiger partial charge in [0.1, 0.15) is 0 Å². The van der Waals surface area contributed by atoms with E-state index in [2.05, 4.69) is 10.4 Å². The van der Waals surface area contributed by atoms with Crippen molar-refractivity contribution >= 4 is 21.8 Å². The Morgan fingerprint density at radius 2 is 1.78 bits per heavy atom. The summed E-state index contributed by atoms with van der Waals surface area (Å²) in [5.74, 6) is -1.25. The summed E-state index contributed by atoms with van der Waals surface area (Å²) in [4.78, 5) is 23.3. The second-order valence-corrected chi connectivity index (χ2v) is 6.56. The number of ether oxygens (including phenoxy) is 1. The first-order valence-corrected chi connectivity index (χ1v) is 8.77. The lowest BCUT2D eigenvalue weighted by Crippen LogP contribution is -2.14. The molecule has 0 aliphatic heterocycles. The third-order valence-corrected chi connectivity index (χ3v) is 4.31. The van der Waals surface area contributed by atoms with Crippen molar-refractivity contribution < 1.29 is 26.3 Å². The minimum absolute atomic E-state index is 0.143. The fourth-order valence-electron chi connectivity index (χ4n) is 2.16. The van der Waals surface area contributed by atoms with Crippen molar-refractivity contribution in [1.29, 1.82) is 0 Å². The summed E-state index contributed by atoms with van der Waals surface area (Å²) in [6.45, 7) is 0. The molecule has 1 N–H and O–H groups in total. The Kier molecular flexibility index (Phi) is 4.77. The third kappa shape index (κ3) is 4.03. The number of carbonyl (C=O) groups excluding carboxylic acids is 1. The Morgan fingerprint density at radius 3 is 2.30 bits per heavy atom. The molecule has 1 heterocycles. The van der Waals surface area contributed by atoms with Gasteiger partial charge in [-0.1, -0.05) is 5.10 Å². The summed E-state index contributed by atoms with van der Waals surface area (Å²) in [6.07, 6.45) is -0.184. The lowest BCUT2D eigenvalue weighted by molar-refractivity contribution is 0.102.